The molecular weight excluding hydrogens is 1130 g/mol. The molecule has 2 amide bonds. The number of amides is 2. The largest absolute Gasteiger partial charge is 0.461 e. The molecule has 20 nitrogen and oxygen atoms in total. The van der Waals surface area contributed by atoms with E-state index in [-0.39, 0.29) is 66.8 Å². The van der Waals surface area contributed by atoms with Gasteiger partial charge in [0.2, 0.25) is 17.6 Å². The highest BCUT2D eigenvalue weighted by atomic mass is 16.6. The van der Waals surface area contributed by atoms with Crippen molar-refractivity contribution in [3.63, 3.8) is 0 Å². The number of ether oxygens (including phenoxy) is 7. The fourth-order valence-electron chi connectivity index (χ4n) is 13.3. The number of hydrogen-bond donors (Lipinski definition) is 2. The fourth-order valence-corrected chi connectivity index (χ4v) is 13.3. The summed E-state index contributed by atoms with van der Waals surface area (Å²) in [6.07, 6.45) is 18.9. The summed E-state index contributed by atoms with van der Waals surface area (Å²) in [4.78, 5) is 97.9. The molecule has 4 aliphatic heterocycles. The van der Waals surface area contributed by atoms with Crippen LogP contribution in [0.4, 0.5) is 5.95 Å². The van der Waals surface area contributed by atoms with Crippen molar-refractivity contribution in [2.75, 3.05) is 72.2 Å². The molecule has 4 fully saturated rings. The molecule has 1 aromatic heterocycles. The third-order valence-corrected chi connectivity index (χ3v) is 18.8. The van der Waals surface area contributed by atoms with Gasteiger partial charge in [-0.25, -0.2) is 14.8 Å². The lowest BCUT2D eigenvalue weighted by Gasteiger charge is -2.42. The zero-order valence-corrected chi connectivity index (χ0v) is 54.6. The smallest absolute Gasteiger partial charge is 0.329 e. The van der Waals surface area contributed by atoms with E-state index in [1.165, 1.54) is 12.0 Å². The Morgan fingerprint density at radius 2 is 1.52 bits per heavy atom. The number of aliphatic hydroxyl groups is 2. The van der Waals surface area contributed by atoms with E-state index in [9.17, 15) is 39.0 Å². The zero-order chi connectivity index (χ0) is 64.1. The van der Waals surface area contributed by atoms with Crippen molar-refractivity contribution < 1.29 is 72.1 Å². The molecule has 88 heavy (non-hydrogen) atoms. The van der Waals surface area contributed by atoms with E-state index < -0.39 is 77.9 Å². The molecule has 6 rings (SSSR count). The van der Waals surface area contributed by atoms with Crippen LogP contribution in [0.5, 0.6) is 0 Å². The first-order chi connectivity index (χ1) is 42.1. The van der Waals surface area contributed by atoms with Crippen molar-refractivity contribution in [3.05, 3.63) is 65.6 Å². The van der Waals surface area contributed by atoms with E-state index in [2.05, 4.69) is 14.9 Å². The number of nitrogens with zero attached hydrogens (tertiary/aromatic N) is 5. The van der Waals surface area contributed by atoms with Gasteiger partial charge in [-0.2, -0.15) is 0 Å². The van der Waals surface area contributed by atoms with E-state index in [1.54, 1.807) is 40.5 Å². The zero-order valence-electron chi connectivity index (χ0n) is 54.6. The van der Waals surface area contributed by atoms with Gasteiger partial charge in [-0.05, 0) is 144 Å². The third kappa shape index (κ3) is 20.4. The summed E-state index contributed by atoms with van der Waals surface area (Å²) in [5.74, 6) is -6.27. The van der Waals surface area contributed by atoms with Gasteiger partial charge in [-0.3, -0.25) is 24.0 Å². The second kappa shape index (κ2) is 35.4. The monoisotopic (exact) mass is 1230 g/mol. The van der Waals surface area contributed by atoms with Gasteiger partial charge in [0.15, 0.2) is 5.78 Å². The first-order valence-electron chi connectivity index (χ1n) is 32.7. The second-order valence-corrected chi connectivity index (χ2v) is 25.8. The number of aliphatic hydroxyl groups excluding tert-OH is 1. The maximum Gasteiger partial charge on any atom is 0.329 e. The van der Waals surface area contributed by atoms with Crippen molar-refractivity contribution in [3.8, 4) is 0 Å². The van der Waals surface area contributed by atoms with Crippen LogP contribution < -0.4 is 4.90 Å². The predicted octanol–water partition coefficient (Wildman–Crippen LogP) is 8.44. The highest BCUT2D eigenvalue weighted by Gasteiger charge is 2.53. The molecule has 1 saturated carbocycles. The van der Waals surface area contributed by atoms with Gasteiger partial charge in [-0.1, -0.05) is 78.0 Å². The van der Waals surface area contributed by atoms with Crippen LogP contribution in [0.1, 0.15) is 164 Å². The molecule has 15 atom stereocenters. The Kier molecular flexibility index (Phi) is 28.9. The van der Waals surface area contributed by atoms with Crippen LogP contribution >= 0.6 is 0 Å². The highest BCUT2D eigenvalue weighted by molar-refractivity contribution is 6.39. The van der Waals surface area contributed by atoms with Crippen LogP contribution in [-0.4, -0.2) is 187 Å². The normalized spacial score (nSPS) is 33.9. The van der Waals surface area contributed by atoms with E-state index >= 15 is 0 Å². The van der Waals surface area contributed by atoms with E-state index in [1.807, 2.05) is 82.9 Å². The number of piperazine rings is 1. The molecule has 492 valence electrons. The molecule has 1 aliphatic carbocycles. The summed E-state index contributed by atoms with van der Waals surface area (Å²) in [5.41, 5.74) is 2.27. The van der Waals surface area contributed by atoms with Crippen LogP contribution in [0.25, 0.3) is 0 Å². The molecule has 0 radical (unpaired) electrons. The number of fused-ring (bicyclic) bond motifs is 3. The molecular formula is C68H105N5O15. The summed E-state index contributed by atoms with van der Waals surface area (Å²) >= 11 is 0. The number of aromatic nitrogens is 2. The SMILES string of the molecule is CCCOCCC(=O)N1CCN(c2ncc(CCC(=O)O[C@@H]3CC[C@@H](C[C@@H](C)[C@@H]4CC[C@H](C)/C=C(\C)[C@@H](O)[C@@H](OC)C(=O)[C@H](C)C[C@H](C)/C=C/C=C/C=C(\C)[C@@H](OC)C[C@@H]5CC[C@@H](C)[C@@](O)(O5)C(=O)C(=O)N5CCCC[C@H]5C(=O)O4)C[C@H]3OC)cn2)CC1. The second-order valence-electron chi connectivity index (χ2n) is 25.8. The number of Topliss-reactive ketones (excluding diaryl/α,β-unsaturated/α-hetero) is 2. The van der Waals surface area contributed by atoms with Gasteiger partial charge in [0.25, 0.3) is 11.7 Å². The minimum Gasteiger partial charge on any atom is -0.461 e. The van der Waals surface area contributed by atoms with Gasteiger partial charge in [0.1, 0.15) is 30.5 Å². The Morgan fingerprint density at radius 3 is 2.22 bits per heavy atom. The molecule has 20 heteroatoms. The van der Waals surface area contributed by atoms with Gasteiger partial charge >= 0.3 is 11.9 Å². The Labute approximate surface area is 523 Å². The van der Waals surface area contributed by atoms with Crippen LogP contribution in [0.3, 0.4) is 0 Å². The van der Waals surface area contributed by atoms with E-state index in [0.29, 0.717) is 134 Å². The highest BCUT2D eigenvalue weighted by Crippen LogP contribution is 2.38. The molecule has 3 saturated heterocycles. The molecule has 5 aliphatic rings. The number of anilines is 1. The maximum absolute atomic E-state index is 14.7. The molecule has 2 N–H and O–H groups in total. The number of rotatable bonds is 16. The molecule has 2 bridgehead atoms. The lowest BCUT2D eigenvalue weighted by atomic mass is 9.78. The summed E-state index contributed by atoms with van der Waals surface area (Å²) in [5, 5.41) is 23.7. The van der Waals surface area contributed by atoms with Gasteiger partial charge in [0.05, 0.1) is 31.3 Å². The molecule has 0 aromatic carbocycles. The Morgan fingerprint density at radius 1 is 0.784 bits per heavy atom. The summed E-state index contributed by atoms with van der Waals surface area (Å²) in [6.45, 7) is 19.0. The first kappa shape index (κ1) is 71.9. The van der Waals surface area contributed by atoms with Crippen LogP contribution in [0, 0.1) is 35.5 Å². The maximum atomic E-state index is 14.7. The first-order valence-corrected chi connectivity index (χ1v) is 32.7. The summed E-state index contributed by atoms with van der Waals surface area (Å²) in [6, 6.07) is -1.08. The van der Waals surface area contributed by atoms with Crippen molar-refractivity contribution in [2.24, 2.45) is 35.5 Å². The number of hydrogen-bond acceptors (Lipinski definition) is 18. The Bertz CT molecular complexity index is 2550. The average molecular weight is 1230 g/mol. The lowest BCUT2D eigenvalue weighted by molar-refractivity contribution is -0.265. The van der Waals surface area contributed by atoms with Crippen molar-refractivity contribution in [1.82, 2.24) is 19.8 Å². The number of carbonyl (C=O) groups excluding carboxylic acids is 6. The fraction of sp³-hybridized carbons (Fsp3) is 0.735. The summed E-state index contributed by atoms with van der Waals surface area (Å²) in [7, 11) is 4.65. The number of methoxy groups -OCH3 is 3. The Hall–Kier alpha value is -5.22. The average Bonchev–Trinajstić information content (AvgIpc) is 2.58. The van der Waals surface area contributed by atoms with Crippen molar-refractivity contribution in [2.45, 2.75) is 219 Å². The Balaban J connectivity index is 1.13. The number of piperidine rings is 1. The van der Waals surface area contributed by atoms with Gasteiger partial charge < -0.3 is 58.1 Å². The van der Waals surface area contributed by atoms with Crippen LogP contribution in [0.15, 0.2) is 60.0 Å². The van der Waals surface area contributed by atoms with Crippen molar-refractivity contribution in [1.29, 1.82) is 0 Å². The van der Waals surface area contributed by atoms with Crippen molar-refractivity contribution >= 4 is 41.3 Å². The number of allylic oxidation sites excluding steroid dienone is 6. The minimum absolute atomic E-state index is 0.0403. The third-order valence-electron chi connectivity index (χ3n) is 18.8. The summed E-state index contributed by atoms with van der Waals surface area (Å²) < 4.78 is 41.9. The number of aryl methyl sites for hydroxylation is 1. The molecule has 0 unspecified atom stereocenters. The molecule has 5 heterocycles. The van der Waals surface area contributed by atoms with Crippen LogP contribution in [-0.2, 0) is 68.3 Å². The minimum atomic E-state index is -2.42. The predicted molar refractivity (Wildman–Crippen MR) is 333 cm³/mol. The standard InChI is InChI=1S/C68H105N5O15/c1-12-35-85-36-29-59(74)71-31-33-72(34-32-71)67-69-42-52(43-70-67)24-28-60(75)86-56-27-23-51(40-58(56)83-10)39-47(5)55-26-21-45(3)38-49(7)62(77)63(84-11)61(76)48(6)37-44(2)18-14-13-15-19-46(4)57(82-9)41-53-25-22-50(8)68(81,88-53)64(78)65(79)73-30-17-16-20-54(73)66(80)87-55/h13-15,18-19,38,42-45,47-48,50-51,53-58,62-63,77,81H,12,16-17,20-37,39-41H2,1-11H3/b15-13+,18-14+,46-19+,49-38+/t44-,45+,47-,48-,50-,51+,53+,54+,55+,56-,57+,58-,62-,63+,68-/m1/s1. The molecule has 0 spiro atoms. The van der Waals surface area contributed by atoms with E-state index in [4.69, 9.17) is 33.2 Å². The van der Waals surface area contributed by atoms with E-state index in [0.717, 1.165) is 24.0 Å². The van der Waals surface area contributed by atoms with Gasteiger partial charge in [-0.15, -0.1) is 0 Å². The number of esters is 2. The lowest BCUT2D eigenvalue weighted by Crippen LogP contribution is -2.61. The molecule has 1 aromatic rings. The number of carbonyl (C=O) groups is 6. The number of cyclic esters (lactones) is 1. The van der Waals surface area contributed by atoms with Gasteiger partial charge in [0, 0.05) is 97.7 Å². The van der Waals surface area contributed by atoms with Crippen LogP contribution in [0.2, 0.25) is 0 Å². The quantitative estimate of drug-likeness (QED) is 0.0682. The number of ketones is 2. The topological polar surface area (TPSA) is 243 Å².